The van der Waals surface area contributed by atoms with Gasteiger partial charge in [-0.05, 0) is 57.5 Å². The normalized spacial score (nSPS) is 15.6. The minimum atomic E-state index is -0.565. The molecule has 1 aliphatic rings. The molecule has 0 spiro atoms. The topological polar surface area (TPSA) is 131 Å². The van der Waals surface area contributed by atoms with Gasteiger partial charge < -0.3 is 15.0 Å². The van der Waals surface area contributed by atoms with Crippen molar-refractivity contribution in [3.63, 3.8) is 0 Å². The number of pyridine rings is 1. The molecule has 1 atom stereocenters. The van der Waals surface area contributed by atoms with Crippen molar-refractivity contribution in [2.75, 3.05) is 18.4 Å². The van der Waals surface area contributed by atoms with E-state index in [1.807, 2.05) is 32.9 Å². The first-order chi connectivity index (χ1) is 16.6. The first kappa shape index (κ1) is 23.8. The number of fused-ring (bicyclic) bond motifs is 1. The number of aromatic nitrogens is 1. The summed E-state index contributed by atoms with van der Waals surface area (Å²) in [7, 11) is 0. The van der Waals surface area contributed by atoms with Crippen LogP contribution in [0, 0.1) is 21.4 Å². The van der Waals surface area contributed by atoms with E-state index in [2.05, 4.69) is 5.32 Å². The van der Waals surface area contributed by atoms with Crippen molar-refractivity contribution in [2.24, 2.45) is 0 Å². The van der Waals surface area contributed by atoms with Crippen LogP contribution in [0.1, 0.15) is 32.8 Å². The van der Waals surface area contributed by atoms with E-state index in [0.717, 1.165) is 12.1 Å². The van der Waals surface area contributed by atoms with E-state index in [9.17, 15) is 25.0 Å². The number of rotatable bonds is 4. The molecule has 10 nitrogen and oxygen atoms in total. The van der Waals surface area contributed by atoms with Crippen molar-refractivity contribution in [3.8, 4) is 11.8 Å². The van der Waals surface area contributed by atoms with Crippen LogP contribution in [-0.2, 0) is 4.74 Å². The third-order valence-corrected chi connectivity index (χ3v) is 5.65. The molecule has 180 valence electrons. The predicted molar refractivity (Wildman–Crippen MR) is 131 cm³/mol. The Kier molecular flexibility index (Phi) is 6.18. The van der Waals surface area contributed by atoms with Gasteiger partial charge in [-0.15, -0.1) is 0 Å². The van der Waals surface area contributed by atoms with Crippen molar-refractivity contribution >= 4 is 28.4 Å². The van der Waals surface area contributed by atoms with E-state index in [4.69, 9.17) is 4.74 Å². The van der Waals surface area contributed by atoms with Gasteiger partial charge in [0.1, 0.15) is 17.2 Å². The Morgan fingerprint density at radius 3 is 2.54 bits per heavy atom. The molecule has 1 aliphatic heterocycles. The maximum atomic E-state index is 13.0. The number of nitrogens with one attached hydrogen (secondary N) is 1. The van der Waals surface area contributed by atoms with E-state index in [-0.39, 0.29) is 23.4 Å². The molecule has 0 aliphatic carbocycles. The van der Waals surface area contributed by atoms with E-state index in [1.165, 1.54) is 34.9 Å². The van der Waals surface area contributed by atoms with Gasteiger partial charge in [-0.1, -0.05) is 6.07 Å². The summed E-state index contributed by atoms with van der Waals surface area (Å²) in [5, 5.41) is 24.6. The molecule has 1 fully saturated rings. The number of likely N-dealkylation sites (tertiary alicyclic amines) is 1. The molecule has 0 unspecified atom stereocenters. The van der Waals surface area contributed by atoms with Crippen LogP contribution < -0.4 is 10.9 Å². The first-order valence-electron chi connectivity index (χ1n) is 11.1. The number of amides is 1. The van der Waals surface area contributed by atoms with Gasteiger partial charge in [-0.25, -0.2) is 4.79 Å². The van der Waals surface area contributed by atoms with Gasteiger partial charge in [0, 0.05) is 48.0 Å². The summed E-state index contributed by atoms with van der Waals surface area (Å²) in [5.41, 5.74) is 0.508. The van der Waals surface area contributed by atoms with Gasteiger partial charge >= 0.3 is 6.09 Å². The number of nitrogens with zero attached hydrogens (tertiary/aromatic N) is 4. The molecule has 3 aromatic rings. The van der Waals surface area contributed by atoms with Gasteiger partial charge in [0.25, 0.3) is 11.2 Å². The second-order valence-electron chi connectivity index (χ2n) is 9.41. The van der Waals surface area contributed by atoms with Gasteiger partial charge in [-0.2, -0.15) is 5.26 Å². The largest absolute Gasteiger partial charge is 0.444 e. The fourth-order valence-electron chi connectivity index (χ4n) is 4.06. The van der Waals surface area contributed by atoms with Crippen LogP contribution in [0.15, 0.2) is 53.3 Å². The highest BCUT2D eigenvalue weighted by Gasteiger charge is 2.29. The highest BCUT2D eigenvalue weighted by molar-refractivity contribution is 5.85. The Morgan fingerprint density at radius 1 is 1.20 bits per heavy atom. The lowest BCUT2D eigenvalue weighted by Gasteiger charge is -2.24. The number of nitro benzene ring substituents is 1. The monoisotopic (exact) mass is 475 g/mol. The second-order valence-corrected chi connectivity index (χ2v) is 9.41. The number of non-ortho nitro benzene ring substituents is 1. The predicted octanol–water partition coefficient (Wildman–Crippen LogP) is 4.19. The van der Waals surface area contributed by atoms with Crippen molar-refractivity contribution in [1.82, 2.24) is 9.47 Å². The number of carbonyl (C=O) groups excluding carboxylic acids is 1. The number of ether oxygens (including phenoxy) is 1. The van der Waals surface area contributed by atoms with Crippen molar-refractivity contribution in [1.29, 1.82) is 5.26 Å². The summed E-state index contributed by atoms with van der Waals surface area (Å²) >= 11 is 0. The lowest BCUT2D eigenvalue weighted by Crippen LogP contribution is -2.36. The summed E-state index contributed by atoms with van der Waals surface area (Å²) in [6, 6.07) is 14.5. The number of hydrogen-bond acceptors (Lipinski definition) is 7. The Hall–Kier alpha value is -4.39. The molecule has 1 amide bonds. The van der Waals surface area contributed by atoms with Gasteiger partial charge in [0.2, 0.25) is 0 Å². The minimum absolute atomic E-state index is 0.00195. The van der Waals surface area contributed by atoms with Gasteiger partial charge in [0.05, 0.1) is 10.4 Å². The number of benzene rings is 2. The van der Waals surface area contributed by atoms with Crippen molar-refractivity contribution < 1.29 is 14.5 Å². The third kappa shape index (κ3) is 5.09. The van der Waals surface area contributed by atoms with E-state index < -0.39 is 16.1 Å². The van der Waals surface area contributed by atoms with Crippen LogP contribution in [0.3, 0.4) is 0 Å². The van der Waals surface area contributed by atoms with Crippen LogP contribution in [0.4, 0.5) is 16.2 Å². The lowest BCUT2D eigenvalue weighted by atomic mass is 10.1. The van der Waals surface area contributed by atoms with Gasteiger partial charge in [0.15, 0.2) is 0 Å². The summed E-state index contributed by atoms with van der Waals surface area (Å²) in [4.78, 5) is 37.6. The highest BCUT2D eigenvalue weighted by atomic mass is 16.6. The van der Waals surface area contributed by atoms with E-state index >= 15 is 0 Å². The number of carbonyl (C=O) groups is 1. The second kappa shape index (κ2) is 9.10. The zero-order valence-electron chi connectivity index (χ0n) is 19.6. The Bertz CT molecular complexity index is 1400. The highest BCUT2D eigenvalue weighted by Crippen LogP contribution is 2.25. The Morgan fingerprint density at radius 2 is 1.91 bits per heavy atom. The first-order valence-corrected chi connectivity index (χ1v) is 11.1. The smallest absolute Gasteiger partial charge is 0.410 e. The minimum Gasteiger partial charge on any atom is -0.444 e. The maximum absolute atomic E-state index is 13.0. The maximum Gasteiger partial charge on any atom is 0.410 e. The standard InChI is InChI=1S/C25H25N5O5/c1-25(2,3)35-24(32)28-11-10-19(15-28)27-18-5-4-16-12-17(14-26)23(31)29(22(16)13-18)20-6-8-21(9-7-20)30(33)34/h4-9,12-13,19,27H,10-11,15H2,1-3H3/t19-/m1/s1. The third-order valence-electron chi connectivity index (χ3n) is 5.65. The van der Waals surface area contributed by atoms with Crippen LogP contribution in [0.25, 0.3) is 16.6 Å². The number of anilines is 1. The zero-order valence-corrected chi connectivity index (χ0v) is 19.6. The van der Waals surface area contributed by atoms with Crippen LogP contribution in [0.5, 0.6) is 0 Å². The molecule has 1 aromatic heterocycles. The average molecular weight is 476 g/mol. The van der Waals surface area contributed by atoms with Crippen LogP contribution in [0.2, 0.25) is 0 Å². The molecule has 0 saturated carbocycles. The summed E-state index contributed by atoms with van der Waals surface area (Å²) in [6.07, 6.45) is 0.385. The Balaban J connectivity index is 1.65. The molecule has 1 N–H and O–H groups in total. The van der Waals surface area contributed by atoms with E-state index in [0.29, 0.717) is 29.7 Å². The molecular weight excluding hydrogens is 450 g/mol. The average Bonchev–Trinajstić information content (AvgIpc) is 3.26. The molecular formula is C25H25N5O5. The SMILES string of the molecule is CC(C)(C)OC(=O)N1CC[C@@H](Nc2ccc3cc(C#N)c(=O)n(-c4ccc([N+](=O)[O-])cc4)c3c2)C1. The van der Waals surface area contributed by atoms with Crippen molar-refractivity contribution in [2.45, 2.75) is 38.8 Å². The number of nitriles is 1. The van der Waals surface area contributed by atoms with E-state index in [1.54, 1.807) is 17.0 Å². The molecule has 2 heterocycles. The molecule has 2 aromatic carbocycles. The fraction of sp³-hybridized carbons (Fsp3) is 0.320. The van der Waals surface area contributed by atoms with Crippen LogP contribution >= 0.6 is 0 Å². The van der Waals surface area contributed by atoms with Crippen molar-refractivity contribution in [3.05, 3.63) is 74.6 Å². The zero-order chi connectivity index (χ0) is 25.3. The molecule has 4 rings (SSSR count). The summed E-state index contributed by atoms with van der Waals surface area (Å²) in [6.45, 7) is 6.53. The molecule has 35 heavy (non-hydrogen) atoms. The Labute approximate surface area is 201 Å². The fourth-order valence-corrected chi connectivity index (χ4v) is 4.06. The number of nitro groups is 1. The number of hydrogen-bond donors (Lipinski definition) is 1. The van der Waals surface area contributed by atoms with Gasteiger partial charge in [-0.3, -0.25) is 19.5 Å². The molecule has 0 bridgehead atoms. The molecule has 10 heteroatoms. The quantitative estimate of drug-likeness (QED) is 0.442. The molecule has 1 saturated heterocycles. The molecule has 0 radical (unpaired) electrons. The summed E-state index contributed by atoms with van der Waals surface area (Å²) in [5.74, 6) is 0. The lowest BCUT2D eigenvalue weighted by molar-refractivity contribution is -0.384. The summed E-state index contributed by atoms with van der Waals surface area (Å²) < 4.78 is 6.83. The van der Waals surface area contributed by atoms with Crippen LogP contribution in [-0.4, -0.2) is 45.2 Å².